The van der Waals surface area contributed by atoms with Gasteiger partial charge < -0.3 is 0 Å². The lowest BCUT2D eigenvalue weighted by Crippen LogP contribution is -2.31. The van der Waals surface area contributed by atoms with E-state index in [1.807, 2.05) is 0 Å². The fourth-order valence-corrected chi connectivity index (χ4v) is 1.90. The van der Waals surface area contributed by atoms with Crippen molar-refractivity contribution < 1.29 is 4.92 Å². The first-order chi connectivity index (χ1) is 10.0. The summed E-state index contributed by atoms with van der Waals surface area (Å²) in [6, 6.07) is 5.80. The lowest BCUT2D eigenvalue weighted by Gasteiger charge is -2.05. The molecule has 0 atom stereocenters. The first kappa shape index (κ1) is 14.7. The summed E-state index contributed by atoms with van der Waals surface area (Å²) in [6.45, 7) is 0.171. The minimum Gasteiger partial charge on any atom is -0.295 e. The van der Waals surface area contributed by atoms with Gasteiger partial charge in [0.05, 0.1) is 11.5 Å². The Morgan fingerprint density at radius 1 is 1.29 bits per heavy atom. The van der Waals surface area contributed by atoms with E-state index >= 15 is 0 Å². The largest absolute Gasteiger partial charge is 0.328 e. The number of halogens is 1. The zero-order chi connectivity index (χ0) is 15.4. The maximum absolute atomic E-state index is 11.7. The Morgan fingerprint density at radius 3 is 2.52 bits per heavy atom. The average molecular weight is 350 g/mol. The molecule has 8 heteroatoms. The predicted octanol–water partition coefficient (Wildman–Crippen LogP) is 1.20. The lowest BCUT2D eigenvalue weighted by atomic mass is 10.2. The van der Waals surface area contributed by atoms with E-state index in [9.17, 15) is 19.7 Å². The Hall–Kier alpha value is -2.66. The third-order valence-corrected chi connectivity index (χ3v) is 2.89. The number of hydrogen-bond donors (Lipinski definition) is 1. The summed E-state index contributed by atoms with van der Waals surface area (Å²) in [6.07, 6.45) is 1.34. The van der Waals surface area contributed by atoms with Crippen LogP contribution in [0.5, 0.6) is 0 Å². The van der Waals surface area contributed by atoms with Crippen LogP contribution in [0.15, 0.2) is 40.1 Å². The summed E-state index contributed by atoms with van der Waals surface area (Å²) >= 11 is 2.89. The van der Waals surface area contributed by atoms with E-state index < -0.39 is 16.2 Å². The second-order valence-electron chi connectivity index (χ2n) is 4.07. The lowest BCUT2D eigenvalue weighted by molar-refractivity contribution is -0.384. The molecule has 0 saturated carbocycles. The Bertz CT molecular complexity index is 856. The Morgan fingerprint density at radius 2 is 1.95 bits per heavy atom. The monoisotopic (exact) mass is 349 g/mol. The summed E-state index contributed by atoms with van der Waals surface area (Å²) in [4.78, 5) is 37.8. The van der Waals surface area contributed by atoms with Crippen molar-refractivity contribution in [1.82, 2.24) is 9.55 Å². The second kappa shape index (κ2) is 6.19. The first-order valence-corrected chi connectivity index (χ1v) is 6.49. The predicted molar refractivity (Wildman–Crippen MR) is 79.3 cm³/mol. The molecule has 1 aromatic heterocycles. The fourth-order valence-electron chi connectivity index (χ4n) is 1.69. The van der Waals surface area contributed by atoms with Gasteiger partial charge in [-0.05, 0) is 16.3 Å². The molecule has 2 aromatic rings. The number of nitro groups is 1. The van der Waals surface area contributed by atoms with Gasteiger partial charge in [0.15, 0.2) is 0 Å². The molecule has 2 rings (SSSR count). The number of nitro benzene ring substituents is 1. The van der Waals surface area contributed by atoms with E-state index in [0.29, 0.717) is 5.56 Å². The van der Waals surface area contributed by atoms with Crippen molar-refractivity contribution in [3.63, 3.8) is 0 Å². The van der Waals surface area contributed by atoms with Crippen molar-refractivity contribution in [2.24, 2.45) is 0 Å². The highest BCUT2D eigenvalue weighted by atomic mass is 79.9. The number of hydrogen-bond acceptors (Lipinski definition) is 4. The van der Waals surface area contributed by atoms with Crippen LogP contribution in [0.2, 0.25) is 0 Å². The zero-order valence-electron chi connectivity index (χ0n) is 10.5. The van der Waals surface area contributed by atoms with Gasteiger partial charge in [-0.3, -0.25) is 24.5 Å². The Labute approximate surface area is 126 Å². The summed E-state index contributed by atoms with van der Waals surface area (Å²) < 4.78 is 1.27. The van der Waals surface area contributed by atoms with Crippen molar-refractivity contribution in [3.05, 3.63) is 72.5 Å². The third-order valence-electron chi connectivity index (χ3n) is 2.69. The Balaban J connectivity index is 2.36. The molecule has 0 spiro atoms. The number of non-ortho nitro benzene ring substituents is 1. The number of nitrogens with zero attached hydrogens (tertiary/aromatic N) is 2. The normalized spacial score (nSPS) is 9.76. The molecule has 0 aliphatic heterocycles. The van der Waals surface area contributed by atoms with Crippen LogP contribution in [0.3, 0.4) is 0 Å². The van der Waals surface area contributed by atoms with Gasteiger partial charge in [0.1, 0.15) is 5.56 Å². The van der Waals surface area contributed by atoms with Gasteiger partial charge in [-0.15, -0.1) is 0 Å². The quantitative estimate of drug-likeness (QED) is 0.511. The van der Waals surface area contributed by atoms with Crippen molar-refractivity contribution in [3.8, 4) is 10.8 Å². The fraction of sp³-hybridized carbons (Fsp3) is 0.0769. The van der Waals surface area contributed by atoms with E-state index in [2.05, 4.69) is 31.7 Å². The first-order valence-electron chi connectivity index (χ1n) is 5.70. The van der Waals surface area contributed by atoms with Crippen LogP contribution in [0.1, 0.15) is 11.1 Å². The number of H-pyrrole nitrogens is 1. The van der Waals surface area contributed by atoms with Gasteiger partial charge in [-0.1, -0.05) is 12.1 Å². The second-order valence-corrected chi connectivity index (χ2v) is 4.47. The molecule has 1 heterocycles. The minimum atomic E-state index is -0.571. The highest BCUT2D eigenvalue weighted by molar-refractivity contribution is 9.12. The number of rotatable bonds is 3. The highest BCUT2D eigenvalue weighted by Crippen LogP contribution is 2.12. The third kappa shape index (κ3) is 3.46. The molecule has 0 unspecified atom stereocenters. The van der Waals surface area contributed by atoms with Crippen molar-refractivity contribution >= 4 is 21.6 Å². The molecule has 0 bridgehead atoms. The summed E-state index contributed by atoms with van der Waals surface area (Å²) in [5.74, 6) is 2.53. The van der Waals surface area contributed by atoms with Gasteiger partial charge in [-0.2, -0.15) is 0 Å². The van der Waals surface area contributed by atoms with E-state index in [-0.39, 0.29) is 17.8 Å². The van der Waals surface area contributed by atoms with Crippen LogP contribution in [-0.4, -0.2) is 14.5 Å². The van der Waals surface area contributed by atoms with Crippen molar-refractivity contribution in [1.29, 1.82) is 0 Å². The SMILES string of the molecule is O=c1[nH]c(=O)n(Cc2ccc([N+](=O)[O-])cc2)cc1C#CBr. The molecule has 0 aliphatic carbocycles. The highest BCUT2D eigenvalue weighted by Gasteiger charge is 2.06. The molecule has 106 valence electrons. The molecule has 1 N–H and O–H groups in total. The number of benzene rings is 1. The van der Waals surface area contributed by atoms with E-state index in [0.717, 1.165) is 0 Å². The number of aromatic nitrogens is 2. The smallest absolute Gasteiger partial charge is 0.295 e. The summed E-state index contributed by atoms with van der Waals surface area (Å²) in [5.41, 5.74) is -0.329. The molecule has 7 nitrogen and oxygen atoms in total. The Kier molecular flexibility index (Phi) is 4.35. The maximum Gasteiger partial charge on any atom is 0.328 e. The van der Waals surface area contributed by atoms with Gasteiger partial charge in [0.2, 0.25) is 0 Å². The van der Waals surface area contributed by atoms with E-state index in [1.165, 1.54) is 22.9 Å². The minimum absolute atomic E-state index is 0.0292. The van der Waals surface area contributed by atoms with Gasteiger partial charge in [-0.25, -0.2) is 4.79 Å². The molecule has 1 aromatic carbocycles. The van der Waals surface area contributed by atoms with Crippen LogP contribution in [0.4, 0.5) is 5.69 Å². The summed E-state index contributed by atoms with van der Waals surface area (Å²) in [5, 5.41) is 10.6. The molecule has 0 aliphatic rings. The van der Waals surface area contributed by atoms with Gasteiger partial charge in [0.25, 0.3) is 11.2 Å². The standard InChI is InChI=1S/C13H8BrN3O4/c14-6-5-10-8-16(13(19)15-12(10)18)7-9-1-3-11(4-2-9)17(20)21/h1-4,8H,7H2,(H,15,18,19). The maximum atomic E-state index is 11.7. The van der Waals surface area contributed by atoms with Gasteiger partial charge in [0, 0.05) is 34.3 Å². The molecular formula is C13H8BrN3O4. The van der Waals surface area contributed by atoms with Gasteiger partial charge >= 0.3 is 5.69 Å². The van der Waals surface area contributed by atoms with E-state index in [1.54, 1.807) is 12.1 Å². The topological polar surface area (TPSA) is 98.0 Å². The molecule has 0 radical (unpaired) electrons. The van der Waals surface area contributed by atoms with Crippen molar-refractivity contribution in [2.75, 3.05) is 0 Å². The van der Waals surface area contributed by atoms with Crippen LogP contribution in [-0.2, 0) is 6.54 Å². The zero-order valence-corrected chi connectivity index (χ0v) is 12.1. The molecule has 0 saturated heterocycles. The molecular weight excluding hydrogens is 342 g/mol. The number of aromatic amines is 1. The molecule has 0 amide bonds. The van der Waals surface area contributed by atoms with E-state index in [4.69, 9.17) is 0 Å². The molecule has 0 fully saturated rings. The molecule has 21 heavy (non-hydrogen) atoms. The van der Waals surface area contributed by atoms with Crippen LogP contribution >= 0.6 is 15.9 Å². The van der Waals surface area contributed by atoms with Crippen LogP contribution in [0, 0.1) is 20.9 Å². The number of nitrogens with one attached hydrogen (secondary N) is 1. The van der Waals surface area contributed by atoms with Crippen LogP contribution in [0.25, 0.3) is 0 Å². The van der Waals surface area contributed by atoms with Crippen molar-refractivity contribution in [2.45, 2.75) is 6.54 Å². The summed E-state index contributed by atoms with van der Waals surface area (Å²) in [7, 11) is 0. The van der Waals surface area contributed by atoms with Crippen LogP contribution < -0.4 is 11.2 Å². The average Bonchev–Trinajstić information content (AvgIpc) is 2.45.